The van der Waals surface area contributed by atoms with Gasteiger partial charge in [0.2, 0.25) is 0 Å². The van der Waals surface area contributed by atoms with E-state index in [1.807, 2.05) is 36.4 Å². The van der Waals surface area contributed by atoms with Gasteiger partial charge in [0.25, 0.3) is 0 Å². The van der Waals surface area contributed by atoms with Crippen LogP contribution in [0, 0.1) is 0 Å². The van der Waals surface area contributed by atoms with Gasteiger partial charge in [-0.15, -0.1) is 0 Å². The Morgan fingerprint density at radius 1 is 0.929 bits per heavy atom. The number of hydrogen-bond donors (Lipinski definition) is 1. The first-order valence-electron chi connectivity index (χ1n) is 9.55. The molecule has 0 aromatic heterocycles. The number of ketones is 1. The molecule has 5 rings (SSSR count). The lowest BCUT2D eigenvalue weighted by Crippen LogP contribution is -2.22. The summed E-state index contributed by atoms with van der Waals surface area (Å²) in [5.41, 5.74) is 3.36. The van der Waals surface area contributed by atoms with Crippen LogP contribution >= 0.6 is 15.9 Å². The maximum Gasteiger partial charge on any atom is 0.141 e. The van der Waals surface area contributed by atoms with Crippen LogP contribution in [0.25, 0.3) is 21.5 Å². The smallest absolute Gasteiger partial charge is 0.141 e. The first-order chi connectivity index (χ1) is 13.6. The third kappa shape index (κ3) is 2.82. The van der Waals surface area contributed by atoms with Crippen molar-refractivity contribution in [2.24, 2.45) is 0 Å². The van der Waals surface area contributed by atoms with E-state index >= 15 is 0 Å². The van der Waals surface area contributed by atoms with Crippen molar-refractivity contribution in [2.75, 3.05) is 0 Å². The van der Waals surface area contributed by atoms with E-state index in [0.717, 1.165) is 37.1 Å². The molecule has 0 spiro atoms. The van der Waals surface area contributed by atoms with Crippen molar-refractivity contribution < 1.29 is 9.90 Å². The van der Waals surface area contributed by atoms with E-state index in [0.29, 0.717) is 30.8 Å². The Morgan fingerprint density at radius 3 is 2.54 bits per heavy atom. The van der Waals surface area contributed by atoms with Gasteiger partial charge >= 0.3 is 0 Å². The zero-order valence-corrected chi connectivity index (χ0v) is 16.9. The van der Waals surface area contributed by atoms with Crippen LogP contribution in [-0.2, 0) is 17.6 Å². The summed E-state index contributed by atoms with van der Waals surface area (Å²) in [5.74, 6) is 0.445. The Kier molecular flexibility index (Phi) is 4.21. The molecule has 0 fully saturated rings. The number of phenols is 1. The van der Waals surface area contributed by atoms with Crippen LogP contribution in [0.2, 0.25) is 0 Å². The molecule has 0 aliphatic heterocycles. The highest BCUT2D eigenvalue weighted by Crippen LogP contribution is 2.42. The number of aromatic hydroxyl groups is 1. The first-order valence-corrected chi connectivity index (χ1v) is 10.3. The summed E-state index contributed by atoms with van der Waals surface area (Å²) in [6, 6.07) is 22.3. The standard InChI is InChI=1S/C25H19BrO2/c26-17-6-7-18-16(13-17)14-24(28)25-20(18)9-8-19-21(25)10-11-23(27)22(19)12-15-4-2-1-3-5-15/h1-9,13-14,22,28H,10-12H2. The van der Waals surface area contributed by atoms with E-state index in [4.69, 9.17) is 0 Å². The summed E-state index contributed by atoms with van der Waals surface area (Å²) in [7, 11) is 0. The van der Waals surface area contributed by atoms with E-state index in [9.17, 15) is 9.90 Å². The lowest BCUT2D eigenvalue weighted by molar-refractivity contribution is -0.120. The summed E-state index contributed by atoms with van der Waals surface area (Å²) < 4.78 is 0.991. The molecular weight excluding hydrogens is 412 g/mol. The fourth-order valence-electron chi connectivity index (χ4n) is 4.56. The molecule has 0 saturated heterocycles. The Morgan fingerprint density at radius 2 is 1.71 bits per heavy atom. The normalized spacial score (nSPS) is 16.5. The van der Waals surface area contributed by atoms with E-state index in [-0.39, 0.29) is 5.92 Å². The molecule has 3 heteroatoms. The fourth-order valence-corrected chi connectivity index (χ4v) is 4.94. The quantitative estimate of drug-likeness (QED) is 0.378. The summed E-state index contributed by atoms with van der Waals surface area (Å²) in [4.78, 5) is 12.8. The predicted octanol–water partition coefficient (Wildman–Crippen LogP) is 6.30. The van der Waals surface area contributed by atoms with E-state index in [1.54, 1.807) is 0 Å². The fraction of sp³-hybridized carbons (Fsp3) is 0.160. The van der Waals surface area contributed by atoms with Crippen LogP contribution < -0.4 is 0 Å². The van der Waals surface area contributed by atoms with Gasteiger partial charge in [0.1, 0.15) is 11.5 Å². The zero-order valence-electron chi connectivity index (χ0n) is 15.3. The monoisotopic (exact) mass is 430 g/mol. The summed E-state index contributed by atoms with van der Waals surface area (Å²) >= 11 is 3.51. The van der Waals surface area contributed by atoms with Crippen molar-refractivity contribution in [3.8, 4) is 5.75 Å². The maximum atomic E-state index is 12.8. The van der Waals surface area contributed by atoms with Crippen molar-refractivity contribution >= 4 is 43.3 Å². The molecular formula is C25H19BrO2. The topological polar surface area (TPSA) is 37.3 Å². The SMILES string of the molecule is O=C1CCc2c(ccc3c2c(O)cc2cc(Br)ccc23)C1Cc1ccccc1. The lowest BCUT2D eigenvalue weighted by atomic mass is 9.76. The molecule has 1 aliphatic rings. The minimum absolute atomic E-state index is 0.143. The number of benzene rings is 4. The number of carbonyl (C=O) groups is 1. The minimum atomic E-state index is -0.143. The number of aryl methyl sites for hydroxylation is 1. The second-order valence-corrected chi connectivity index (χ2v) is 8.44. The van der Waals surface area contributed by atoms with Gasteiger partial charge < -0.3 is 5.11 Å². The van der Waals surface area contributed by atoms with Crippen molar-refractivity contribution in [3.63, 3.8) is 0 Å². The van der Waals surface area contributed by atoms with E-state index < -0.39 is 0 Å². The maximum absolute atomic E-state index is 12.8. The molecule has 0 heterocycles. The average molecular weight is 431 g/mol. The van der Waals surface area contributed by atoms with Gasteiger partial charge in [-0.3, -0.25) is 4.79 Å². The Hall–Kier alpha value is -2.65. The molecule has 0 bridgehead atoms. The largest absolute Gasteiger partial charge is 0.507 e. The zero-order chi connectivity index (χ0) is 19.3. The van der Waals surface area contributed by atoms with Crippen molar-refractivity contribution in [1.29, 1.82) is 0 Å². The molecule has 0 saturated carbocycles. The molecule has 28 heavy (non-hydrogen) atoms. The molecule has 1 N–H and O–H groups in total. The summed E-state index contributed by atoms with van der Waals surface area (Å²) in [6.07, 6.45) is 1.92. The Balaban J connectivity index is 1.72. The van der Waals surface area contributed by atoms with Gasteiger partial charge in [0.05, 0.1) is 0 Å². The average Bonchev–Trinajstić information content (AvgIpc) is 2.70. The van der Waals surface area contributed by atoms with Crippen molar-refractivity contribution in [3.05, 3.63) is 87.9 Å². The molecule has 1 aliphatic carbocycles. The Bertz CT molecular complexity index is 1230. The highest BCUT2D eigenvalue weighted by Gasteiger charge is 2.29. The molecule has 1 atom stereocenters. The van der Waals surface area contributed by atoms with Gasteiger partial charge in [0, 0.05) is 22.2 Å². The van der Waals surface area contributed by atoms with E-state index in [2.05, 4.69) is 46.3 Å². The van der Waals surface area contributed by atoms with E-state index in [1.165, 1.54) is 5.56 Å². The molecule has 2 nitrogen and oxygen atoms in total. The molecule has 0 amide bonds. The van der Waals surface area contributed by atoms with Gasteiger partial charge in [-0.1, -0.05) is 64.5 Å². The molecule has 0 radical (unpaired) electrons. The van der Waals surface area contributed by atoms with Crippen LogP contribution in [0.3, 0.4) is 0 Å². The number of rotatable bonds is 2. The van der Waals surface area contributed by atoms with Crippen LogP contribution in [0.15, 0.2) is 71.2 Å². The molecule has 4 aromatic rings. The van der Waals surface area contributed by atoms with Gasteiger partial charge in [0.15, 0.2) is 0 Å². The van der Waals surface area contributed by atoms with Crippen molar-refractivity contribution in [1.82, 2.24) is 0 Å². The highest BCUT2D eigenvalue weighted by atomic mass is 79.9. The van der Waals surface area contributed by atoms with Crippen LogP contribution in [-0.4, -0.2) is 10.9 Å². The molecule has 138 valence electrons. The highest BCUT2D eigenvalue weighted by molar-refractivity contribution is 9.10. The van der Waals surface area contributed by atoms with Crippen LogP contribution in [0.5, 0.6) is 5.75 Å². The summed E-state index contributed by atoms with van der Waals surface area (Å²) in [6.45, 7) is 0. The third-order valence-electron chi connectivity index (χ3n) is 5.87. The minimum Gasteiger partial charge on any atom is -0.507 e. The second-order valence-electron chi connectivity index (χ2n) is 7.53. The number of carbonyl (C=O) groups excluding carboxylic acids is 1. The lowest BCUT2D eigenvalue weighted by Gasteiger charge is -2.26. The van der Waals surface area contributed by atoms with Crippen LogP contribution in [0.4, 0.5) is 0 Å². The first kappa shape index (κ1) is 17.4. The van der Waals surface area contributed by atoms with Crippen LogP contribution in [0.1, 0.15) is 29.0 Å². The summed E-state index contributed by atoms with van der Waals surface area (Å²) in [5, 5.41) is 14.9. The number of halogens is 1. The third-order valence-corrected chi connectivity index (χ3v) is 6.36. The van der Waals surface area contributed by atoms with Crippen molar-refractivity contribution in [2.45, 2.75) is 25.2 Å². The van der Waals surface area contributed by atoms with Gasteiger partial charge in [-0.2, -0.15) is 0 Å². The second kappa shape index (κ2) is 6.75. The predicted molar refractivity (Wildman–Crippen MR) is 117 cm³/mol. The Labute approximate surface area is 171 Å². The number of phenolic OH excluding ortho intramolecular Hbond substituents is 1. The molecule has 1 unspecified atom stereocenters. The van der Waals surface area contributed by atoms with Gasteiger partial charge in [-0.05, 0) is 63.9 Å². The number of Topliss-reactive ketones (excluding diaryl/α,β-unsaturated/α-hetero) is 1. The van der Waals surface area contributed by atoms with Gasteiger partial charge in [-0.25, -0.2) is 0 Å². The number of hydrogen-bond acceptors (Lipinski definition) is 2. The molecule has 4 aromatic carbocycles. The number of fused-ring (bicyclic) bond motifs is 5.